The summed E-state index contributed by atoms with van der Waals surface area (Å²) in [7, 11) is -1.81. The number of imidazole rings is 1. The van der Waals surface area contributed by atoms with E-state index in [2.05, 4.69) is 10.3 Å². The van der Waals surface area contributed by atoms with E-state index in [9.17, 15) is 13.2 Å². The highest BCUT2D eigenvalue weighted by Gasteiger charge is 2.46. The van der Waals surface area contributed by atoms with Gasteiger partial charge in [-0.25, -0.2) is 13.4 Å². The SMILES string of the molecule is Cn1cnc(S(=O)(=O)N2CCC(C(=O)NC3CCC4CC5CC4CC3C5)CC2)c1. The predicted octanol–water partition coefficient (Wildman–Crippen LogP) is 2.15. The van der Waals surface area contributed by atoms with Crippen LogP contribution in [0.1, 0.15) is 51.4 Å². The van der Waals surface area contributed by atoms with Gasteiger partial charge in [0.2, 0.25) is 5.91 Å². The van der Waals surface area contributed by atoms with Crippen LogP contribution in [0.4, 0.5) is 0 Å². The summed E-state index contributed by atoms with van der Waals surface area (Å²) >= 11 is 0. The number of fused-ring (bicyclic) bond motifs is 2. The number of aryl methyl sites for hydroxylation is 1. The van der Waals surface area contributed by atoms with E-state index < -0.39 is 10.0 Å². The van der Waals surface area contributed by atoms with E-state index in [1.54, 1.807) is 11.6 Å². The number of amides is 1. The van der Waals surface area contributed by atoms with Gasteiger partial charge in [-0.15, -0.1) is 0 Å². The largest absolute Gasteiger partial charge is 0.353 e. The molecule has 1 amide bonds. The van der Waals surface area contributed by atoms with E-state index in [-0.39, 0.29) is 16.9 Å². The minimum atomic E-state index is -3.57. The monoisotopic (exact) mass is 420 g/mol. The summed E-state index contributed by atoms with van der Waals surface area (Å²) in [6, 6.07) is 0.327. The van der Waals surface area contributed by atoms with Gasteiger partial charge in [-0.3, -0.25) is 4.79 Å². The maximum atomic E-state index is 13.0. The molecule has 1 aromatic heterocycles. The molecular formula is C21H32N4O3S. The van der Waals surface area contributed by atoms with E-state index in [1.165, 1.54) is 48.9 Å². The van der Waals surface area contributed by atoms with Crippen LogP contribution in [0.5, 0.6) is 0 Å². The lowest BCUT2D eigenvalue weighted by Gasteiger charge is -2.35. The molecule has 7 nitrogen and oxygen atoms in total. The molecule has 4 fully saturated rings. The number of piperidine rings is 1. The molecule has 4 aliphatic rings. The number of carbonyl (C=O) groups is 1. The van der Waals surface area contributed by atoms with Crippen LogP contribution in [-0.4, -0.2) is 47.3 Å². The van der Waals surface area contributed by atoms with Gasteiger partial charge in [0.25, 0.3) is 10.0 Å². The minimum Gasteiger partial charge on any atom is -0.353 e. The van der Waals surface area contributed by atoms with Crippen molar-refractivity contribution in [1.29, 1.82) is 0 Å². The second-order valence-electron chi connectivity index (χ2n) is 9.84. The standard InChI is InChI=1S/C21H32N4O3S/c1-24-12-20(22-13-24)29(27,28)25-6-4-15(5-7-25)21(26)23-19-3-2-16-8-14-9-17(16)11-18(19)10-14/h12-19H,2-11H2,1H3,(H,23,26). The molecule has 160 valence electrons. The highest BCUT2D eigenvalue weighted by molar-refractivity contribution is 7.89. The zero-order valence-corrected chi connectivity index (χ0v) is 18.0. The average Bonchev–Trinajstić information content (AvgIpc) is 3.24. The van der Waals surface area contributed by atoms with Gasteiger partial charge in [0, 0.05) is 38.3 Å². The quantitative estimate of drug-likeness (QED) is 0.809. The fourth-order valence-corrected chi connectivity index (χ4v) is 7.98. The Morgan fingerprint density at radius 3 is 2.48 bits per heavy atom. The zero-order valence-electron chi connectivity index (χ0n) is 17.2. The maximum absolute atomic E-state index is 13.0. The molecule has 0 spiro atoms. The van der Waals surface area contributed by atoms with Crippen molar-refractivity contribution >= 4 is 15.9 Å². The van der Waals surface area contributed by atoms with Crippen molar-refractivity contribution in [3.63, 3.8) is 0 Å². The molecule has 3 aliphatic carbocycles. The second-order valence-corrected chi connectivity index (χ2v) is 11.7. The van der Waals surface area contributed by atoms with Crippen molar-refractivity contribution in [2.75, 3.05) is 13.1 Å². The number of carbonyl (C=O) groups excluding carboxylic acids is 1. The molecule has 2 heterocycles. The zero-order chi connectivity index (χ0) is 20.2. The number of nitrogens with zero attached hydrogens (tertiary/aromatic N) is 3. The molecule has 1 saturated heterocycles. The number of aromatic nitrogens is 2. The molecule has 0 radical (unpaired) electrons. The molecule has 3 saturated carbocycles. The smallest absolute Gasteiger partial charge is 0.262 e. The van der Waals surface area contributed by atoms with Crippen LogP contribution < -0.4 is 5.32 Å². The van der Waals surface area contributed by atoms with Gasteiger partial charge in [0.15, 0.2) is 5.03 Å². The van der Waals surface area contributed by atoms with E-state index in [0.717, 1.165) is 24.2 Å². The van der Waals surface area contributed by atoms with E-state index in [0.29, 0.717) is 37.9 Å². The van der Waals surface area contributed by atoms with Gasteiger partial charge in [-0.2, -0.15) is 4.31 Å². The number of hydrogen-bond acceptors (Lipinski definition) is 4. The molecule has 1 aromatic rings. The number of rotatable bonds is 4. The van der Waals surface area contributed by atoms with Crippen molar-refractivity contribution in [3.8, 4) is 0 Å². The van der Waals surface area contributed by atoms with Crippen molar-refractivity contribution in [2.45, 2.75) is 62.4 Å². The molecule has 1 aliphatic heterocycles. The Morgan fingerprint density at radius 1 is 1.03 bits per heavy atom. The molecular weight excluding hydrogens is 388 g/mol. The van der Waals surface area contributed by atoms with Gasteiger partial charge < -0.3 is 9.88 Å². The van der Waals surface area contributed by atoms with E-state index >= 15 is 0 Å². The second kappa shape index (κ2) is 7.38. The highest BCUT2D eigenvalue weighted by Crippen LogP contribution is 2.53. The van der Waals surface area contributed by atoms with E-state index in [4.69, 9.17) is 0 Å². The van der Waals surface area contributed by atoms with Crippen molar-refractivity contribution in [3.05, 3.63) is 12.5 Å². The summed E-state index contributed by atoms with van der Waals surface area (Å²) in [5, 5.41) is 3.48. The Balaban J connectivity index is 1.18. The van der Waals surface area contributed by atoms with Crippen molar-refractivity contribution in [2.24, 2.45) is 36.6 Å². The Morgan fingerprint density at radius 2 is 1.76 bits per heavy atom. The third kappa shape index (κ3) is 3.63. The summed E-state index contributed by atoms with van der Waals surface area (Å²) in [4.78, 5) is 17.0. The maximum Gasteiger partial charge on any atom is 0.262 e. The topological polar surface area (TPSA) is 84.3 Å². The first-order valence-electron chi connectivity index (χ1n) is 11.2. The van der Waals surface area contributed by atoms with Crippen LogP contribution >= 0.6 is 0 Å². The Hall–Kier alpha value is -1.41. The third-order valence-corrected chi connectivity index (χ3v) is 9.82. The fourth-order valence-electron chi connectivity index (χ4n) is 6.55. The Labute approximate surface area is 173 Å². The summed E-state index contributed by atoms with van der Waals surface area (Å²) in [5.41, 5.74) is 0. The Bertz CT molecular complexity index is 874. The lowest BCUT2D eigenvalue weighted by molar-refractivity contribution is -0.127. The van der Waals surface area contributed by atoms with Crippen LogP contribution in [0.3, 0.4) is 0 Å². The molecule has 5 atom stereocenters. The summed E-state index contributed by atoms with van der Waals surface area (Å²) in [6.07, 6.45) is 12.0. The normalized spacial score (nSPS) is 35.6. The number of nitrogens with one attached hydrogen (secondary N) is 1. The molecule has 1 N–H and O–H groups in total. The van der Waals surface area contributed by atoms with Crippen LogP contribution in [0.2, 0.25) is 0 Å². The first kappa shape index (κ1) is 19.5. The first-order valence-corrected chi connectivity index (χ1v) is 12.6. The lowest BCUT2D eigenvalue weighted by atomic mass is 9.77. The van der Waals surface area contributed by atoms with Crippen LogP contribution in [0.25, 0.3) is 0 Å². The summed E-state index contributed by atoms with van der Waals surface area (Å²) in [6.45, 7) is 0.772. The fraction of sp³-hybridized carbons (Fsp3) is 0.810. The van der Waals surface area contributed by atoms with Gasteiger partial charge in [-0.1, -0.05) is 0 Å². The minimum absolute atomic E-state index is 0.0812. The van der Waals surface area contributed by atoms with Crippen LogP contribution in [-0.2, 0) is 21.9 Å². The molecule has 5 rings (SSSR count). The molecule has 0 aromatic carbocycles. The molecule has 29 heavy (non-hydrogen) atoms. The van der Waals surface area contributed by atoms with Gasteiger partial charge >= 0.3 is 0 Å². The molecule has 3 bridgehead atoms. The van der Waals surface area contributed by atoms with Crippen molar-refractivity contribution < 1.29 is 13.2 Å². The molecule has 5 unspecified atom stereocenters. The van der Waals surface area contributed by atoms with Gasteiger partial charge in [0.1, 0.15) is 0 Å². The first-order chi connectivity index (χ1) is 13.9. The van der Waals surface area contributed by atoms with Gasteiger partial charge in [0.05, 0.1) is 6.33 Å². The molecule has 8 heteroatoms. The highest BCUT2D eigenvalue weighted by atomic mass is 32.2. The third-order valence-electron chi connectivity index (χ3n) is 8.04. The predicted molar refractivity (Wildman–Crippen MR) is 108 cm³/mol. The van der Waals surface area contributed by atoms with Crippen LogP contribution in [0.15, 0.2) is 17.6 Å². The van der Waals surface area contributed by atoms with E-state index in [1.807, 2.05) is 0 Å². The Kier molecular flexibility index (Phi) is 4.97. The van der Waals surface area contributed by atoms with Gasteiger partial charge in [-0.05, 0) is 75.0 Å². The van der Waals surface area contributed by atoms with Crippen LogP contribution in [0, 0.1) is 29.6 Å². The number of sulfonamides is 1. The summed E-state index contributed by atoms with van der Waals surface area (Å²) < 4.78 is 28.6. The number of hydrogen-bond donors (Lipinski definition) is 1. The lowest BCUT2D eigenvalue weighted by Crippen LogP contribution is -2.47. The average molecular weight is 421 g/mol. The van der Waals surface area contributed by atoms with Crippen molar-refractivity contribution in [1.82, 2.24) is 19.2 Å². The summed E-state index contributed by atoms with van der Waals surface area (Å²) in [5.74, 6) is 3.40.